The van der Waals surface area contributed by atoms with Crippen molar-refractivity contribution in [3.63, 3.8) is 0 Å². The molecule has 8 heteroatoms. The predicted molar refractivity (Wildman–Crippen MR) is 72.3 cm³/mol. The van der Waals surface area contributed by atoms with E-state index in [2.05, 4.69) is 10.3 Å². The summed E-state index contributed by atoms with van der Waals surface area (Å²) >= 11 is 0. The van der Waals surface area contributed by atoms with E-state index in [-0.39, 0.29) is 18.8 Å². The maximum absolute atomic E-state index is 12.3. The van der Waals surface area contributed by atoms with Crippen molar-refractivity contribution in [3.8, 4) is 0 Å². The SMILES string of the molecule is O=S(=O)(CC1CC1)N1CCCC(O)(Cn2ccnn2)C1. The second kappa shape index (κ2) is 5.09. The molecule has 2 fully saturated rings. The Morgan fingerprint density at radius 3 is 2.85 bits per heavy atom. The van der Waals surface area contributed by atoms with Gasteiger partial charge in [0.15, 0.2) is 0 Å². The highest BCUT2D eigenvalue weighted by Gasteiger charge is 2.40. The second-order valence-corrected chi connectivity index (χ2v) is 8.00. The van der Waals surface area contributed by atoms with Crippen LogP contribution in [0.25, 0.3) is 0 Å². The Morgan fingerprint density at radius 1 is 1.40 bits per heavy atom. The largest absolute Gasteiger partial charge is 0.387 e. The summed E-state index contributed by atoms with van der Waals surface area (Å²) in [6, 6.07) is 0. The fraction of sp³-hybridized carbons (Fsp3) is 0.833. The number of sulfonamides is 1. The van der Waals surface area contributed by atoms with Crippen LogP contribution < -0.4 is 0 Å². The van der Waals surface area contributed by atoms with E-state index >= 15 is 0 Å². The van der Waals surface area contributed by atoms with Crippen molar-refractivity contribution in [3.05, 3.63) is 12.4 Å². The number of aliphatic hydroxyl groups is 1. The smallest absolute Gasteiger partial charge is 0.214 e. The van der Waals surface area contributed by atoms with E-state index in [1.165, 1.54) is 4.31 Å². The van der Waals surface area contributed by atoms with Crippen LogP contribution in [0.1, 0.15) is 25.7 Å². The molecule has 2 aliphatic rings. The first-order valence-electron chi connectivity index (χ1n) is 7.01. The summed E-state index contributed by atoms with van der Waals surface area (Å²) in [5, 5.41) is 18.2. The maximum atomic E-state index is 12.3. The Hall–Kier alpha value is -0.990. The molecule has 112 valence electrons. The van der Waals surface area contributed by atoms with Gasteiger partial charge in [0.25, 0.3) is 0 Å². The topological polar surface area (TPSA) is 88.3 Å². The third-order valence-corrected chi connectivity index (χ3v) is 5.98. The first-order valence-corrected chi connectivity index (χ1v) is 8.62. The zero-order valence-corrected chi connectivity index (χ0v) is 12.2. The number of hydrogen-bond acceptors (Lipinski definition) is 5. The lowest BCUT2D eigenvalue weighted by molar-refractivity contribution is -0.0248. The Morgan fingerprint density at radius 2 is 2.20 bits per heavy atom. The molecule has 0 bridgehead atoms. The monoisotopic (exact) mass is 300 g/mol. The minimum absolute atomic E-state index is 0.155. The van der Waals surface area contributed by atoms with Crippen LogP contribution in [0.2, 0.25) is 0 Å². The first kappa shape index (κ1) is 14.0. The Bertz CT molecular complexity index is 555. The van der Waals surface area contributed by atoms with Gasteiger partial charge < -0.3 is 5.11 Å². The lowest BCUT2D eigenvalue weighted by atomic mass is 9.94. The number of rotatable bonds is 5. The van der Waals surface area contributed by atoms with Gasteiger partial charge in [0, 0.05) is 19.3 Å². The molecule has 2 heterocycles. The van der Waals surface area contributed by atoms with Crippen LogP contribution in [0.5, 0.6) is 0 Å². The van der Waals surface area contributed by atoms with E-state index in [1.807, 2.05) is 0 Å². The van der Waals surface area contributed by atoms with E-state index in [0.29, 0.717) is 25.3 Å². The lowest BCUT2D eigenvalue weighted by Gasteiger charge is -2.38. The number of aromatic nitrogens is 3. The molecule has 1 aliphatic heterocycles. The number of hydrogen-bond donors (Lipinski definition) is 1. The van der Waals surface area contributed by atoms with E-state index in [1.54, 1.807) is 17.1 Å². The Balaban J connectivity index is 1.68. The fourth-order valence-corrected chi connectivity index (χ4v) is 4.73. The highest BCUT2D eigenvalue weighted by molar-refractivity contribution is 7.89. The Kier molecular flexibility index (Phi) is 3.55. The van der Waals surface area contributed by atoms with Gasteiger partial charge in [-0.3, -0.25) is 0 Å². The van der Waals surface area contributed by atoms with Crippen LogP contribution in [0.4, 0.5) is 0 Å². The predicted octanol–water partition coefficient (Wildman–Crippen LogP) is -0.155. The minimum atomic E-state index is -3.24. The molecule has 0 amide bonds. The van der Waals surface area contributed by atoms with Gasteiger partial charge >= 0.3 is 0 Å². The molecule has 0 radical (unpaired) electrons. The van der Waals surface area contributed by atoms with E-state index in [0.717, 1.165) is 12.8 Å². The number of piperidine rings is 1. The van der Waals surface area contributed by atoms with Gasteiger partial charge in [-0.1, -0.05) is 5.21 Å². The van der Waals surface area contributed by atoms with Crippen LogP contribution in [-0.4, -0.2) is 57.3 Å². The number of nitrogens with zero attached hydrogens (tertiary/aromatic N) is 4. The average molecular weight is 300 g/mol. The third kappa shape index (κ3) is 3.18. The molecule has 1 atom stereocenters. The molecule has 1 unspecified atom stereocenters. The van der Waals surface area contributed by atoms with Crippen molar-refractivity contribution in [2.45, 2.75) is 37.8 Å². The normalized spacial score (nSPS) is 28.6. The summed E-state index contributed by atoms with van der Waals surface area (Å²) in [7, 11) is -3.24. The summed E-state index contributed by atoms with van der Waals surface area (Å²) in [6.45, 7) is 0.944. The quantitative estimate of drug-likeness (QED) is 0.816. The third-order valence-electron chi connectivity index (χ3n) is 3.99. The van der Waals surface area contributed by atoms with Crippen molar-refractivity contribution in [2.75, 3.05) is 18.8 Å². The Labute approximate surface area is 118 Å². The summed E-state index contributed by atoms with van der Waals surface area (Å²) in [5.41, 5.74) is -1.05. The maximum Gasteiger partial charge on any atom is 0.214 e. The molecular weight excluding hydrogens is 280 g/mol. The van der Waals surface area contributed by atoms with Crippen molar-refractivity contribution in [2.24, 2.45) is 5.92 Å². The molecule has 1 saturated heterocycles. The van der Waals surface area contributed by atoms with Crippen molar-refractivity contribution >= 4 is 10.0 Å². The number of β-amino-alcohol motifs (C(OH)–C–C–N with tert-alkyl or cyclic N) is 1. The molecule has 0 spiro atoms. The van der Waals surface area contributed by atoms with Gasteiger partial charge in [0.05, 0.1) is 24.1 Å². The molecule has 1 N–H and O–H groups in total. The molecule has 1 aliphatic carbocycles. The highest BCUT2D eigenvalue weighted by Crippen LogP contribution is 2.33. The zero-order chi connectivity index (χ0) is 14.2. The molecular formula is C12H20N4O3S. The summed E-state index contributed by atoms with van der Waals surface area (Å²) in [4.78, 5) is 0. The van der Waals surface area contributed by atoms with Crippen LogP contribution >= 0.6 is 0 Å². The van der Waals surface area contributed by atoms with Crippen molar-refractivity contribution in [1.82, 2.24) is 19.3 Å². The summed E-state index contributed by atoms with van der Waals surface area (Å²) in [6.07, 6.45) is 6.51. The van der Waals surface area contributed by atoms with Crippen LogP contribution in [0.15, 0.2) is 12.4 Å². The second-order valence-electron chi connectivity index (χ2n) is 5.98. The van der Waals surface area contributed by atoms with E-state index in [9.17, 15) is 13.5 Å². The molecule has 1 saturated carbocycles. The van der Waals surface area contributed by atoms with Crippen molar-refractivity contribution < 1.29 is 13.5 Å². The van der Waals surface area contributed by atoms with Crippen LogP contribution in [0, 0.1) is 5.92 Å². The zero-order valence-electron chi connectivity index (χ0n) is 11.3. The van der Waals surface area contributed by atoms with Gasteiger partial charge in [-0.25, -0.2) is 13.1 Å². The van der Waals surface area contributed by atoms with Crippen molar-refractivity contribution in [1.29, 1.82) is 0 Å². The minimum Gasteiger partial charge on any atom is -0.387 e. The van der Waals surface area contributed by atoms with Gasteiger partial charge in [-0.05, 0) is 31.6 Å². The summed E-state index contributed by atoms with van der Waals surface area (Å²) < 4.78 is 27.6. The molecule has 7 nitrogen and oxygen atoms in total. The lowest BCUT2D eigenvalue weighted by Crippen LogP contribution is -2.53. The van der Waals surface area contributed by atoms with Gasteiger partial charge in [-0.2, -0.15) is 4.31 Å². The molecule has 0 aromatic carbocycles. The molecule has 20 heavy (non-hydrogen) atoms. The summed E-state index contributed by atoms with van der Waals surface area (Å²) in [5.74, 6) is 0.553. The van der Waals surface area contributed by atoms with E-state index in [4.69, 9.17) is 0 Å². The standard InChI is InChI=1S/C12H20N4O3S/c17-12(9-15-7-5-13-14-15)4-1-6-16(10-12)20(18,19)8-11-2-3-11/h5,7,11,17H,1-4,6,8-10H2. The van der Waals surface area contributed by atoms with Gasteiger partial charge in [-0.15, -0.1) is 5.10 Å². The van der Waals surface area contributed by atoms with E-state index < -0.39 is 15.6 Å². The molecule has 1 aromatic rings. The van der Waals surface area contributed by atoms with Gasteiger partial charge in [0.2, 0.25) is 10.0 Å². The fourth-order valence-electron chi connectivity index (χ4n) is 2.74. The molecule has 3 rings (SSSR count). The first-order chi connectivity index (χ1) is 9.47. The average Bonchev–Trinajstić information content (AvgIpc) is 3.02. The van der Waals surface area contributed by atoms with Gasteiger partial charge in [0.1, 0.15) is 0 Å². The molecule has 1 aromatic heterocycles. The van der Waals surface area contributed by atoms with Crippen LogP contribution in [-0.2, 0) is 16.6 Å². The highest BCUT2D eigenvalue weighted by atomic mass is 32.2. The van der Waals surface area contributed by atoms with Crippen LogP contribution in [0.3, 0.4) is 0 Å².